The molecule has 1 amide bonds. The van der Waals surface area contributed by atoms with Crippen LogP contribution in [0.4, 0.5) is 0 Å². The first-order valence-electron chi connectivity index (χ1n) is 6.96. The SMILES string of the molecule is Cc1ccc(Cn2nc(C(C)(C)C)cc2C(=O)NN)cc1. The van der Waals surface area contributed by atoms with E-state index in [0.29, 0.717) is 12.2 Å². The minimum atomic E-state index is -0.329. The van der Waals surface area contributed by atoms with Gasteiger partial charge in [-0.25, -0.2) is 5.84 Å². The van der Waals surface area contributed by atoms with Crippen molar-refractivity contribution in [1.29, 1.82) is 0 Å². The van der Waals surface area contributed by atoms with Gasteiger partial charge in [-0.1, -0.05) is 50.6 Å². The van der Waals surface area contributed by atoms with Crippen LogP contribution >= 0.6 is 0 Å². The van der Waals surface area contributed by atoms with Gasteiger partial charge in [-0.05, 0) is 18.6 Å². The summed E-state index contributed by atoms with van der Waals surface area (Å²) in [5, 5.41) is 4.57. The van der Waals surface area contributed by atoms with Gasteiger partial charge in [-0.15, -0.1) is 0 Å². The Morgan fingerprint density at radius 2 is 1.90 bits per heavy atom. The van der Waals surface area contributed by atoms with Crippen LogP contribution in [-0.2, 0) is 12.0 Å². The molecule has 0 saturated carbocycles. The largest absolute Gasteiger partial charge is 0.289 e. The Balaban J connectivity index is 2.38. The molecule has 0 atom stereocenters. The van der Waals surface area contributed by atoms with Crippen LogP contribution in [0, 0.1) is 6.92 Å². The summed E-state index contributed by atoms with van der Waals surface area (Å²) in [6.45, 7) is 8.78. The molecule has 0 aliphatic rings. The number of rotatable bonds is 3. The van der Waals surface area contributed by atoms with Gasteiger partial charge in [0.1, 0.15) is 5.69 Å². The van der Waals surface area contributed by atoms with Crippen LogP contribution in [0.5, 0.6) is 0 Å². The van der Waals surface area contributed by atoms with Crippen molar-refractivity contribution in [3.05, 3.63) is 52.8 Å². The molecule has 1 heterocycles. The summed E-state index contributed by atoms with van der Waals surface area (Å²) >= 11 is 0. The Morgan fingerprint density at radius 1 is 1.29 bits per heavy atom. The zero-order valence-electron chi connectivity index (χ0n) is 13.0. The van der Waals surface area contributed by atoms with Crippen LogP contribution < -0.4 is 11.3 Å². The lowest BCUT2D eigenvalue weighted by molar-refractivity contribution is 0.0943. The van der Waals surface area contributed by atoms with E-state index in [-0.39, 0.29) is 11.3 Å². The van der Waals surface area contributed by atoms with Crippen LogP contribution in [0.1, 0.15) is 48.1 Å². The second-order valence-corrected chi connectivity index (χ2v) is 6.28. The highest BCUT2D eigenvalue weighted by atomic mass is 16.2. The summed E-state index contributed by atoms with van der Waals surface area (Å²) in [6.07, 6.45) is 0. The van der Waals surface area contributed by atoms with E-state index in [4.69, 9.17) is 5.84 Å². The van der Waals surface area contributed by atoms with Crippen molar-refractivity contribution in [3.63, 3.8) is 0 Å². The molecule has 112 valence electrons. The van der Waals surface area contributed by atoms with E-state index < -0.39 is 0 Å². The molecule has 0 saturated heterocycles. The number of nitrogens with two attached hydrogens (primary N) is 1. The number of hydrazine groups is 1. The second-order valence-electron chi connectivity index (χ2n) is 6.28. The molecule has 5 nitrogen and oxygen atoms in total. The molecule has 3 N–H and O–H groups in total. The predicted molar refractivity (Wildman–Crippen MR) is 82.9 cm³/mol. The van der Waals surface area contributed by atoms with Gasteiger partial charge in [-0.2, -0.15) is 5.10 Å². The maximum Gasteiger partial charge on any atom is 0.283 e. The van der Waals surface area contributed by atoms with Crippen molar-refractivity contribution in [1.82, 2.24) is 15.2 Å². The van der Waals surface area contributed by atoms with Gasteiger partial charge in [0.25, 0.3) is 5.91 Å². The van der Waals surface area contributed by atoms with E-state index in [9.17, 15) is 4.79 Å². The predicted octanol–water partition coefficient (Wildman–Crippen LogP) is 2.14. The summed E-state index contributed by atoms with van der Waals surface area (Å²) in [5.41, 5.74) is 5.70. The van der Waals surface area contributed by atoms with Crippen LogP contribution in [0.2, 0.25) is 0 Å². The monoisotopic (exact) mass is 286 g/mol. The van der Waals surface area contributed by atoms with Gasteiger partial charge in [-0.3, -0.25) is 14.9 Å². The summed E-state index contributed by atoms with van der Waals surface area (Å²) in [6, 6.07) is 9.98. The fourth-order valence-electron chi connectivity index (χ4n) is 2.03. The van der Waals surface area contributed by atoms with Crippen molar-refractivity contribution < 1.29 is 4.79 Å². The molecule has 0 radical (unpaired) electrons. The number of nitrogens with one attached hydrogen (secondary N) is 1. The highest BCUT2D eigenvalue weighted by Gasteiger charge is 2.22. The molecule has 2 aromatic rings. The molecule has 21 heavy (non-hydrogen) atoms. The van der Waals surface area contributed by atoms with Gasteiger partial charge in [0.05, 0.1) is 12.2 Å². The van der Waals surface area contributed by atoms with Crippen LogP contribution in [0.25, 0.3) is 0 Å². The molecule has 0 bridgehead atoms. The Hall–Kier alpha value is -2.14. The quantitative estimate of drug-likeness (QED) is 0.516. The summed E-state index contributed by atoms with van der Waals surface area (Å²) in [4.78, 5) is 11.9. The summed E-state index contributed by atoms with van der Waals surface area (Å²) in [7, 11) is 0. The average Bonchev–Trinajstić information content (AvgIpc) is 2.84. The van der Waals surface area contributed by atoms with E-state index in [1.165, 1.54) is 5.56 Å². The maximum atomic E-state index is 11.9. The number of hydrogen-bond donors (Lipinski definition) is 2. The molecule has 0 aliphatic carbocycles. The Kier molecular flexibility index (Phi) is 4.14. The number of aryl methyl sites for hydroxylation is 1. The number of carbonyl (C=O) groups is 1. The lowest BCUT2D eigenvalue weighted by Gasteiger charge is -2.14. The lowest BCUT2D eigenvalue weighted by Crippen LogP contribution is -2.32. The second kappa shape index (κ2) is 5.69. The molecule has 1 aromatic carbocycles. The first-order valence-corrected chi connectivity index (χ1v) is 6.96. The van der Waals surface area contributed by atoms with Crippen LogP contribution in [0.3, 0.4) is 0 Å². The molecule has 2 rings (SSSR count). The van der Waals surface area contributed by atoms with Crippen molar-refractivity contribution in [2.75, 3.05) is 0 Å². The first-order chi connectivity index (χ1) is 9.81. The highest BCUT2D eigenvalue weighted by Crippen LogP contribution is 2.22. The molecular weight excluding hydrogens is 264 g/mol. The summed E-state index contributed by atoms with van der Waals surface area (Å²) in [5.74, 6) is 4.94. The number of hydrogen-bond acceptors (Lipinski definition) is 3. The Morgan fingerprint density at radius 3 is 2.43 bits per heavy atom. The van der Waals surface area contributed by atoms with Crippen LogP contribution in [-0.4, -0.2) is 15.7 Å². The highest BCUT2D eigenvalue weighted by molar-refractivity contribution is 5.92. The minimum absolute atomic E-state index is 0.123. The third-order valence-corrected chi connectivity index (χ3v) is 3.37. The summed E-state index contributed by atoms with van der Waals surface area (Å²) < 4.78 is 1.70. The molecule has 0 unspecified atom stereocenters. The van der Waals surface area contributed by atoms with Gasteiger partial charge < -0.3 is 0 Å². The van der Waals surface area contributed by atoms with Crippen LogP contribution in [0.15, 0.2) is 30.3 Å². The zero-order chi connectivity index (χ0) is 15.6. The smallest absolute Gasteiger partial charge is 0.283 e. The van der Waals surface area contributed by atoms with Gasteiger partial charge in [0, 0.05) is 5.41 Å². The number of carbonyl (C=O) groups excluding carboxylic acids is 1. The first kappa shape index (κ1) is 15.3. The van der Waals surface area contributed by atoms with Gasteiger partial charge in [0.2, 0.25) is 0 Å². The van der Waals surface area contributed by atoms with Gasteiger partial charge >= 0.3 is 0 Å². The molecule has 0 spiro atoms. The fraction of sp³-hybridized carbons (Fsp3) is 0.375. The van der Waals surface area contributed by atoms with Crippen molar-refractivity contribution in [3.8, 4) is 0 Å². The third-order valence-electron chi connectivity index (χ3n) is 3.37. The number of amides is 1. The number of nitrogen functional groups attached to an aromatic ring is 1. The Labute approximate surface area is 125 Å². The van der Waals surface area contributed by atoms with Crippen molar-refractivity contribution in [2.24, 2.45) is 5.84 Å². The third kappa shape index (κ3) is 3.49. The standard InChI is InChI=1S/C16H22N4O/c1-11-5-7-12(8-6-11)10-20-13(15(21)18-17)9-14(19-20)16(2,3)4/h5-9H,10,17H2,1-4H3,(H,18,21). The normalized spacial score (nSPS) is 11.5. The van der Waals surface area contributed by atoms with E-state index in [2.05, 4.69) is 31.3 Å². The molecule has 0 aliphatic heterocycles. The van der Waals surface area contributed by atoms with Crippen molar-refractivity contribution in [2.45, 2.75) is 39.7 Å². The van der Waals surface area contributed by atoms with E-state index in [0.717, 1.165) is 11.3 Å². The molecule has 1 aromatic heterocycles. The fourth-order valence-corrected chi connectivity index (χ4v) is 2.03. The van der Waals surface area contributed by atoms with E-state index in [1.54, 1.807) is 10.7 Å². The number of nitrogens with zero attached hydrogens (tertiary/aromatic N) is 2. The minimum Gasteiger partial charge on any atom is -0.289 e. The molecule has 5 heteroatoms. The van der Waals surface area contributed by atoms with E-state index in [1.807, 2.05) is 31.2 Å². The van der Waals surface area contributed by atoms with Gasteiger partial charge in [0.15, 0.2) is 0 Å². The average molecular weight is 286 g/mol. The topological polar surface area (TPSA) is 72.9 Å². The zero-order valence-corrected chi connectivity index (χ0v) is 13.0. The van der Waals surface area contributed by atoms with E-state index >= 15 is 0 Å². The molecule has 0 fully saturated rings. The number of benzene rings is 1. The lowest BCUT2D eigenvalue weighted by atomic mass is 9.92. The number of aromatic nitrogens is 2. The Bertz CT molecular complexity index is 635. The van der Waals surface area contributed by atoms with Crippen molar-refractivity contribution >= 4 is 5.91 Å². The molecular formula is C16H22N4O. The maximum absolute atomic E-state index is 11.9.